The smallest absolute Gasteiger partial charge is 0.163 e. The molecular formula is C22H26BrFN4O3. The molecule has 1 aromatic heterocycles. The summed E-state index contributed by atoms with van der Waals surface area (Å²) in [5, 5.41) is 13.9. The number of anilines is 2. The van der Waals surface area contributed by atoms with E-state index >= 15 is 0 Å². The molecule has 3 aromatic rings. The van der Waals surface area contributed by atoms with Gasteiger partial charge in [-0.3, -0.25) is 0 Å². The molecule has 1 atom stereocenters. The van der Waals surface area contributed by atoms with Gasteiger partial charge in [-0.05, 0) is 45.2 Å². The van der Waals surface area contributed by atoms with Crippen LogP contribution < -0.4 is 14.8 Å². The third-order valence-electron chi connectivity index (χ3n) is 4.92. The first kappa shape index (κ1) is 23.2. The van der Waals surface area contributed by atoms with Gasteiger partial charge in [0.25, 0.3) is 0 Å². The minimum absolute atomic E-state index is 0.110. The van der Waals surface area contributed by atoms with Crippen molar-refractivity contribution < 1.29 is 19.0 Å². The zero-order chi connectivity index (χ0) is 22.5. The fraction of sp³-hybridized carbons (Fsp3) is 0.364. The number of aliphatic hydroxyl groups is 1. The van der Waals surface area contributed by atoms with Crippen molar-refractivity contribution in [2.45, 2.75) is 26.0 Å². The van der Waals surface area contributed by atoms with E-state index in [4.69, 9.17) is 9.47 Å². The van der Waals surface area contributed by atoms with E-state index in [0.29, 0.717) is 51.0 Å². The van der Waals surface area contributed by atoms with Crippen molar-refractivity contribution in [2.75, 3.05) is 32.6 Å². The van der Waals surface area contributed by atoms with Crippen LogP contribution in [0.2, 0.25) is 0 Å². The van der Waals surface area contributed by atoms with Gasteiger partial charge in [-0.15, -0.1) is 0 Å². The molecule has 1 unspecified atom stereocenters. The fourth-order valence-electron chi connectivity index (χ4n) is 2.94. The number of aromatic nitrogens is 2. The summed E-state index contributed by atoms with van der Waals surface area (Å²) in [6, 6.07) is 8.51. The third kappa shape index (κ3) is 5.81. The van der Waals surface area contributed by atoms with E-state index in [-0.39, 0.29) is 6.61 Å². The molecule has 0 aliphatic carbocycles. The van der Waals surface area contributed by atoms with Crippen LogP contribution in [0.5, 0.6) is 11.5 Å². The molecule has 0 spiro atoms. The Balaban J connectivity index is 1.84. The molecule has 0 amide bonds. The van der Waals surface area contributed by atoms with Crippen LogP contribution in [-0.2, 0) is 0 Å². The van der Waals surface area contributed by atoms with Gasteiger partial charge in [-0.25, -0.2) is 14.4 Å². The summed E-state index contributed by atoms with van der Waals surface area (Å²) in [4.78, 5) is 10.6. The Morgan fingerprint density at radius 2 is 1.97 bits per heavy atom. The number of halogens is 2. The molecule has 166 valence electrons. The Hall–Kier alpha value is -2.49. The van der Waals surface area contributed by atoms with E-state index in [1.807, 2.05) is 11.9 Å². The maximum Gasteiger partial charge on any atom is 0.163 e. The van der Waals surface area contributed by atoms with Crippen molar-refractivity contribution >= 4 is 38.3 Å². The molecule has 3 rings (SSSR count). The molecular weight excluding hydrogens is 467 g/mol. The van der Waals surface area contributed by atoms with Crippen molar-refractivity contribution in [3.05, 3.63) is 46.9 Å². The number of hydrogen-bond acceptors (Lipinski definition) is 7. The number of aliphatic hydroxyl groups excluding tert-OH is 1. The standard InChI is InChI=1S/C22H26BrFN4O3/c1-13(2)28(3)10-15(29)11-31-21-9-19-16(8-20(21)30-4)22(26-12-25-19)27-18-6-5-14(23)7-17(18)24/h5-9,12-13,15,29H,10-11H2,1-4H3,(H,25,26,27). The van der Waals surface area contributed by atoms with Gasteiger partial charge in [-0.1, -0.05) is 15.9 Å². The topological polar surface area (TPSA) is 79.7 Å². The Bertz CT molecular complexity index is 1050. The number of benzene rings is 2. The summed E-state index contributed by atoms with van der Waals surface area (Å²) >= 11 is 3.25. The van der Waals surface area contributed by atoms with Crippen molar-refractivity contribution in [1.29, 1.82) is 0 Å². The predicted octanol–water partition coefficient (Wildman–Crippen LogP) is 4.36. The minimum atomic E-state index is -0.657. The molecule has 0 aliphatic heterocycles. The van der Waals surface area contributed by atoms with Crippen LogP contribution in [0, 0.1) is 5.82 Å². The molecule has 0 fully saturated rings. The van der Waals surface area contributed by atoms with Gasteiger partial charge >= 0.3 is 0 Å². The van der Waals surface area contributed by atoms with Gasteiger partial charge in [0.2, 0.25) is 0 Å². The lowest BCUT2D eigenvalue weighted by molar-refractivity contribution is 0.0669. The van der Waals surface area contributed by atoms with Gasteiger partial charge in [0.1, 0.15) is 30.7 Å². The number of nitrogens with zero attached hydrogens (tertiary/aromatic N) is 3. The second-order valence-corrected chi connectivity index (χ2v) is 8.41. The number of fused-ring (bicyclic) bond motifs is 1. The highest BCUT2D eigenvalue weighted by Crippen LogP contribution is 2.35. The van der Waals surface area contributed by atoms with E-state index in [9.17, 15) is 9.50 Å². The molecule has 2 aromatic carbocycles. The molecule has 0 bridgehead atoms. The first-order valence-electron chi connectivity index (χ1n) is 9.84. The Morgan fingerprint density at radius 3 is 2.65 bits per heavy atom. The summed E-state index contributed by atoms with van der Waals surface area (Å²) in [6.07, 6.45) is 0.736. The number of nitrogens with one attached hydrogen (secondary N) is 1. The van der Waals surface area contributed by atoms with Gasteiger partial charge in [0.05, 0.1) is 18.3 Å². The van der Waals surface area contributed by atoms with Crippen LogP contribution in [0.1, 0.15) is 13.8 Å². The number of likely N-dealkylation sites (N-methyl/N-ethyl adjacent to an activating group) is 1. The van der Waals surface area contributed by atoms with Crippen LogP contribution >= 0.6 is 15.9 Å². The second kappa shape index (κ2) is 10.2. The van der Waals surface area contributed by atoms with Gasteiger partial charge in [0.15, 0.2) is 11.5 Å². The van der Waals surface area contributed by atoms with Crippen LogP contribution in [0.15, 0.2) is 41.1 Å². The monoisotopic (exact) mass is 492 g/mol. The first-order chi connectivity index (χ1) is 14.8. The minimum Gasteiger partial charge on any atom is -0.493 e. The summed E-state index contributed by atoms with van der Waals surface area (Å²) in [6.45, 7) is 4.72. The second-order valence-electron chi connectivity index (χ2n) is 7.49. The molecule has 2 N–H and O–H groups in total. The average Bonchev–Trinajstić information content (AvgIpc) is 2.73. The number of rotatable bonds is 9. The van der Waals surface area contributed by atoms with E-state index in [1.165, 1.54) is 19.5 Å². The maximum atomic E-state index is 14.3. The molecule has 9 heteroatoms. The van der Waals surface area contributed by atoms with Crippen molar-refractivity contribution in [3.8, 4) is 11.5 Å². The van der Waals surface area contributed by atoms with E-state index in [0.717, 1.165) is 0 Å². The zero-order valence-electron chi connectivity index (χ0n) is 17.9. The number of methoxy groups -OCH3 is 1. The normalized spacial score (nSPS) is 12.4. The molecule has 0 saturated carbocycles. The van der Waals surface area contributed by atoms with Crippen molar-refractivity contribution in [3.63, 3.8) is 0 Å². The van der Waals surface area contributed by atoms with Crippen LogP contribution in [0.25, 0.3) is 10.9 Å². The third-order valence-corrected chi connectivity index (χ3v) is 5.41. The van der Waals surface area contributed by atoms with Crippen LogP contribution in [0.3, 0.4) is 0 Å². The van der Waals surface area contributed by atoms with Crippen LogP contribution in [-0.4, -0.2) is 59.4 Å². The Kier molecular flexibility index (Phi) is 7.64. The van der Waals surface area contributed by atoms with E-state index < -0.39 is 11.9 Å². The Labute approximate surface area is 189 Å². The molecule has 0 radical (unpaired) electrons. The predicted molar refractivity (Wildman–Crippen MR) is 123 cm³/mol. The number of hydrogen-bond donors (Lipinski definition) is 2. The molecule has 0 saturated heterocycles. The SMILES string of the molecule is COc1cc2c(Nc3ccc(Br)cc3F)ncnc2cc1OCC(O)CN(C)C(C)C. The summed E-state index contributed by atoms with van der Waals surface area (Å²) in [7, 11) is 3.48. The van der Waals surface area contributed by atoms with Crippen molar-refractivity contribution in [2.24, 2.45) is 0 Å². The molecule has 31 heavy (non-hydrogen) atoms. The first-order valence-corrected chi connectivity index (χ1v) is 10.6. The lowest BCUT2D eigenvalue weighted by Gasteiger charge is -2.24. The van der Waals surface area contributed by atoms with Gasteiger partial charge in [-0.2, -0.15) is 0 Å². The largest absolute Gasteiger partial charge is 0.493 e. The van der Waals surface area contributed by atoms with Crippen molar-refractivity contribution in [1.82, 2.24) is 14.9 Å². The highest BCUT2D eigenvalue weighted by Gasteiger charge is 2.16. The number of ether oxygens (including phenoxy) is 2. The quantitative estimate of drug-likeness (QED) is 0.459. The summed E-state index contributed by atoms with van der Waals surface area (Å²) < 4.78 is 26.2. The van der Waals surface area contributed by atoms with E-state index in [2.05, 4.69) is 45.1 Å². The summed E-state index contributed by atoms with van der Waals surface area (Å²) in [5.74, 6) is 0.954. The Morgan fingerprint density at radius 1 is 1.19 bits per heavy atom. The van der Waals surface area contributed by atoms with Gasteiger partial charge < -0.3 is 24.8 Å². The van der Waals surface area contributed by atoms with E-state index in [1.54, 1.807) is 24.3 Å². The summed E-state index contributed by atoms with van der Waals surface area (Å²) in [5.41, 5.74) is 0.888. The highest BCUT2D eigenvalue weighted by molar-refractivity contribution is 9.10. The van der Waals surface area contributed by atoms with Crippen LogP contribution in [0.4, 0.5) is 15.9 Å². The van der Waals surface area contributed by atoms with Gasteiger partial charge in [0, 0.05) is 28.5 Å². The fourth-order valence-corrected chi connectivity index (χ4v) is 3.27. The average molecular weight is 493 g/mol. The molecule has 1 heterocycles. The molecule has 7 nitrogen and oxygen atoms in total. The maximum absolute atomic E-state index is 14.3. The lowest BCUT2D eigenvalue weighted by Crippen LogP contribution is -2.36. The lowest BCUT2D eigenvalue weighted by atomic mass is 10.2. The highest BCUT2D eigenvalue weighted by atomic mass is 79.9. The zero-order valence-corrected chi connectivity index (χ0v) is 19.5. The molecule has 0 aliphatic rings.